The Balaban J connectivity index is 0.000000298. The number of nitrogens with zero attached hydrogens (tertiary/aromatic N) is 4. The van der Waals surface area contributed by atoms with Gasteiger partial charge in [-0.05, 0) is 25.2 Å². The zero-order valence-electron chi connectivity index (χ0n) is 15.8. The number of carboxylic acid groups (broad SMARTS) is 1. The molecule has 1 saturated carbocycles. The molecule has 2 aromatic heterocycles. The molecular weight excluding hydrogens is 409 g/mol. The topological polar surface area (TPSA) is 80.5 Å². The molecule has 0 bridgehead atoms. The van der Waals surface area contributed by atoms with Gasteiger partial charge in [-0.2, -0.15) is 13.2 Å². The number of carbonyl (C=O) groups is 1. The number of thiazole rings is 1. The Kier molecular flexibility index (Phi) is 7.25. The first-order valence-corrected chi connectivity index (χ1v) is 10.2. The second-order valence-corrected chi connectivity index (χ2v) is 8.06. The number of aryl methyl sites for hydroxylation is 1. The summed E-state index contributed by atoms with van der Waals surface area (Å²) in [5, 5.41) is 10.4. The molecule has 1 aliphatic heterocycles. The fourth-order valence-corrected chi connectivity index (χ4v) is 3.62. The molecule has 160 valence electrons. The first-order chi connectivity index (χ1) is 13.8. The van der Waals surface area contributed by atoms with E-state index >= 15 is 0 Å². The van der Waals surface area contributed by atoms with Gasteiger partial charge >= 0.3 is 12.1 Å². The van der Waals surface area contributed by atoms with E-state index in [2.05, 4.69) is 24.8 Å². The number of carboxylic acids is 1. The molecule has 2 aliphatic rings. The fourth-order valence-electron chi connectivity index (χ4n) is 2.96. The van der Waals surface area contributed by atoms with Crippen LogP contribution in [0.25, 0.3) is 0 Å². The number of hydrogen-bond donors (Lipinski definition) is 1. The van der Waals surface area contributed by atoms with Crippen molar-refractivity contribution in [3.05, 3.63) is 34.3 Å². The summed E-state index contributed by atoms with van der Waals surface area (Å²) in [5.74, 6) is -1.95. The van der Waals surface area contributed by atoms with Crippen molar-refractivity contribution in [3.63, 3.8) is 0 Å². The molecule has 7 nitrogen and oxygen atoms in total. The van der Waals surface area contributed by atoms with Gasteiger partial charge in [-0.1, -0.05) is 0 Å². The highest BCUT2D eigenvalue weighted by molar-refractivity contribution is 7.09. The van der Waals surface area contributed by atoms with Crippen molar-refractivity contribution in [1.29, 1.82) is 0 Å². The lowest BCUT2D eigenvalue weighted by Crippen LogP contribution is -2.23. The smallest absolute Gasteiger partial charge is 0.475 e. The van der Waals surface area contributed by atoms with Crippen molar-refractivity contribution in [2.75, 3.05) is 13.2 Å². The molecule has 2 aromatic rings. The SMILES string of the molecule is O=C(O)C(F)(F)F.c1csc(CN2CCCn3cnc(COCC4CC4)c3C2)n1. The fraction of sp³-hybridized carbons (Fsp3) is 0.611. The monoisotopic (exact) mass is 432 g/mol. The summed E-state index contributed by atoms with van der Waals surface area (Å²) >= 11 is 1.74. The number of ether oxygens (including phenoxy) is 1. The molecule has 0 amide bonds. The van der Waals surface area contributed by atoms with Crippen LogP contribution in [-0.4, -0.2) is 49.8 Å². The van der Waals surface area contributed by atoms with Gasteiger partial charge in [0.15, 0.2) is 0 Å². The van der Waals surface area contributed by atoms with Crippen molar-refractivity contribution in [2.45, 2.75) is 51.7 Å². The van der Waals surface area contributed by atoms with Crippen LogP contribution in [0.4, 0.5) is 13.2 Å². The van der Waals surface area contributed by atoms with Gasteiger partial charge in [0.2, 0.25) is 0 Å². The van der Waals surface area contributed by atoms with E-state index in [1.165, 1.54) is 23.5 Å². The Labute approximate surface area is 170 Å². The van der Waals surface area contributed by atoms with Gasteiger partial charge < -0.3 is 14.4 Å². The molecule has 0 unspecified atom stereocenters. The Bertz CT molecular complexity index is 791. The van der Waals surface area contributed by atoms with Crippen molar-refractivity contribution >= 4 is 17.3 Å². The van der Waals surface area contributed by atoms with E-state index in [-0.39, 0.29) is 0 Å². The maximum atomic E-state index is 10.6. The lowest BCUT2D eigenvalue weighted by Gasteiger charge is -2.18. The number of rotatable bonds is 6. The van der Waals surface area contributed by atoms with Crippen LogP contribution in [0, 0.1) is 5.92 Å². The van der Waals surface area contributed by atoms with E-state index in [0.29, 0.717) is 6.61 Å². The predicted molar refractivity (Wildman–Crippen MR) is 99.1 cm³/mol. The lowest BCUT2D eigenvalue weighted by molar-refractivity contribution is -0.192. The van der Waals surface area contributed by atoms with Gasteiger partial charge in [0.25, 0.3) is 0 Å². The van der Waals surface area contributed by atoms with Crippen LogP contribution in [0.15, 0.2) is 17.9 Å². The molecule has 1 aliphatic carbocycles. The quantitative estimate of drug-likeness (QED) is 0.755. The summed E-state index contributed by atoms with van der Waals surface area (Å²) in [7, 11) is 0. The molecule has 0 atom stereocenters. The summed E-state index contributed by atoms with van der Waals surface area (Å²) < 4.78 is 39.9. The molecular formula is C18H23F3N4O3S. The molecule has 1 fully saturated rings. The predicted octanol–water partition coefficient (Wildman–Crippen LogP) is 3.31. The Morgan fingerprint density at radius 3 is 2.69 bits per heavy atom. The normalized spacial score (nSPS) is 17.2. The van der Waals surface area contributed by atoms with Crippen LogP contribution in [0.2, 0.25) is 0 Å². The van der Waals surface area contributed by atoms with Crippen molar-refractivity contribution in [1.82, 2.24) is 19.4 Å². The molecule has 0 spiro atoms. The molecule has 1 N–H and O–H groups in total. The number of halogens is 3. The van der Waals surface area contributed by atoms with Crippen LogP contribution < -0.4 is 0 Å². The van der Waals surface area contributed by atoms with E-state index in [1.807, 2.05) is 12.5 Å². The average Bonchev–Trinajstić information content (AvgIpc) is 3.27. The van der Waals surface area contributed by atoms with Gasteiger partial charge in [0, 0.05) is 37.8 Å². The molecule has 0 saturated heterocycles. The van der Waals surface area contributed by atoms with E-state index in [0.717, 1.165) is 50.8 Å². The summed E-state index contributed by atoms with van der Waals surface area (Å²) in [4.78, 5) is 20.4. The zero-order valence-corrected chi connectivity index (χ0v) is 16.6. The molecule has 4 rings (SSSR count). The maximum Gasteiger partial charge on any atom is 0.490 e. The number of aliphatic carboxylic acids is 1. The standard InChI is InChI=1S/C16H22N4OS.C2HF3O2/c1-5-19(9-16-17-4-7-22-16)8-15-14(18-12-20(15)6-1)11-21-10-13-2-3-13;3-2(4,5)1(6)7/h4,7,12-13H,1-3,5-6,8-11H2;(H,6,7). The summed E-state index contributed by atoms with van der Waals surface area (Å²) in [5.41, 5.74) is 2.44. The first kappa shape index (κ1) is 21.7. The van der Waals surface area contributed by atoms with Gasteiger partial charge in [0.1, 0.15) is 5.01 Å². The van der Waals surface area contributed by atoms with Crippen LogP contribution in [0.5, 0.6) is 0 Å². The minimum atomic E-state index is -5.08. The molecule has 11 heteroatoms. The third-order valence-corrected chi connectivity index (χ3v) is 5.42. The minimum Gasteiger partial charge on any atom is -0.475 e. The second kappa shape index (κ2) is 9.68. The molecule has 0 aromatic carbocycles. The van der Waals surface area contributed by atoms with E-state index in [1.54, 1.807) is 11.3 Å². The second-order valence-electron chi connectivity index (χ2n) is 7.08. The van der Waals surface area contributed by atoms with E-state index in [4.69, 9.17) is 14.6 Å². The number of fused-ring (bicyclic) bond motifs is 1. The van der Waals surface area contributed by atoms with Crippen molar-refractivity contribution < 1.29 is 27.8 Å². The zero-order chi connectivity index (χ0) is 20.9. The number of hydrogen-bond acceptors (Lipinski definition) is 6. The highest BCUT2D eigenvalue weighted by Crippen LogP contribution is 2.29. The minimum absolute atomic E-state index is 0.657. The summed E-state index contributed by atoms with van der Waals surface area (Å²) in [6, 6.07) is 0. The Morgan fingerprint density at radius 2 is 2.07 bits per heavy atom. The van der Waals surface area contributed by atoms with Gasteiger partial charge in [-0.25, -0.2) is 14.8 Å². The molecule has 3 heterocycles. The Hall–Kier alpha value is -1.98. The third kappa shape index (κ3) is 6.79. The summed E-state index contributed by atoms with van der Waals surface area (Å²) in [6.07, 6.45) is 2.63. The Morgan fingerprint density at radius 1 is 1.31 bits per heavy atom. The van der Waals surface area contributed by atoms with Crippen LogP contribution in [-0.2, 0) is 35.8 Å². The van der Waals surface area contributed by atoms with Crippen molar-refractivity contribution in [3.8, 4) is 0 Å². The van der Waals surface area contributed by atoms with Crippen LogP contribution in [0.3, 0.4) is 0 Å². The average molecular weight is 432 g/mol. The van der Waals surface area contributed by atoms with Gasteiger partial charge in [-0.3, -0.25) is 4.90 Å². The third-order valence-electron chi connectivity index (χ3n) is 4.65. The summed E-state index contributed by atoms with van der Waals surface area (Å²) in [6.45, 7) is 5.61. The van der Waals surface area contributed by atoms with Gasteiger partial charge in [0.05, 0.1) is 30.9 Å². The number of alkyl halides is 3. The molecule has 29 heavy (non-hydrogen) atoms. The number of aromatic nitrogens is 3. The first-order valence-electron chi connectivity index (χ1n) is 9.34. The van der Waals surface area contributed by atoms with E-state index in [9.17, 15) is 13.2 Å². The maximum absolute atomic E-state index is 10.6. The largest absolute Gasteiger partial charge is 0.490 e. The van der Waals surface area contributed by atoms with Crippen molar-refractivity contribution in [2.24, 2.45) is 5.92 Å². The van der Waals surface area contributed by atoms with Gasteiger partial charge in [-0.15, -0.1) is 11.3 Å². The highest BCUT2D eigenvalue weighted by atomic mass is 32.1. The van der Waals surface area contributed by atoms with Crippen LogP contribution >= 0.6 is 11.3 Å². The number of imidazole rings is 1. The van der Waals surface area contributed by atoms with Crippen LogP contribution in [0.1, 0.15) is 35.7 Å². The lowest BCUT2D eigenvalue weighted by atomic mass is 10.3. The highest BCUT2D eigenvalue weighted by Gasteiger charge is 2.38. The molecule has 0 radical (unpaired) electrons. The van der Waals surface area contributed by atoms with E-state index < -0.39 is 12.1 Å².